The van der Waals surface area contributed by atoms with Crippen LogP contribution in [-0.4, -0.2) is 28.0 Å². The van der Waals surface area contributed by atoms with Gasteiger partial charge < -0.3 is 10.1 Å². The molecule has 0 fully saturated rings. The predicted octanol–water partition coefficient (Wildman–Crippen LogP) is 2.22. The number of anilines is 2. The van der Waals surface area contributed by atoms with Gasteiger partial charge in [-0.25, -0.2) is 14.8 Å². The second-order valence-corrected chi connectivity index (χ2v) is 4.16. The third-order valence-corrected chi connectivity index (χ3v) is 2.72. The molecule has 0 aliphatic heterocycles. The second-order valence-electron chi connectivity index (χ2n) is 4.16. The van der Waals surface area contributed by atoms with E-state index in [2.05, 4.69) is 20.0 Å². The van der Waals surface area contributed by atoms with Gasteiger partial charge in [-0.15, -0.1) is 0 Å². The molecule has 8 heteroatoms. The molecular weight excluding hydrogens is 276 g/mol. The molecule has 1 N–H and O–H groups in total. The normalized spacial score (nSPS) is 10.0. The van der Waals surface area contributed by atoms with Crippen LogP contribution in [0.2, 0.25) is 0 Å². The Hall–Kier alpha value is -3.03. The zero-order valence-electron chi connectivity index (χ0n) is 11.4. The van der Waals surface area contributed by atoms with Gasteiger partial charge in [-0.1, -0.05) is 6.07 Å². The lowest BCUT2D eigenvalue weighted by molar-refractivity contribution is -0.385. The number of ether oxygens (including phenoxy) is 1. The molecule has 0 aliphatic carbocycles. The number of aromatic nitrogens is 2. The Morgan fingerprint density at radius 2 is 2.10 bits per heavy atom. The number of methoxy groups -OCH3 is 1. The number of carbonyl (C=O) groups is 1. The Morgan fingerprint density at radius 1 is 1.33 bits per heavy atom. The third-order valence-electron chi connectivity index (χ3n) is 2.72. The lowest BCUT2D eigenvalue weighted by Gasteiger charge is -2.06. The topological polar surface area (TPSA) is 107 Å². The maximum atomic E-state index is 11.2. The van der Waals surface area contributed by atoms with Gasteiger partial charge in [0.1, 0.15) is 5.82 Å². The SMILES string of the molecule is COC(=O)c1cnc(Nc2ccc(C)c([N+](=O)[O-])c2)cn1. The first-order valence-corrected chi connectivity index (χ1v) is 5.93. The summed E-state index contributed by atoms with van der Waals surface area (Å²) >= 11 is 0. The first kappa shape index (κ1) is 14.4. The van der Waals surface area contributed by atoms with Crippen LogP contribution < -0.4 is 5.32 Å². The number of hydrogen-bond acceptors (Lipinski definition) is 7. The molecule has 0 saturated carbocycles. The van der Waals surface area contributed by atoms with Crippen LogP contribution in [0, 0.1) is 17.0 Å². The summed E-state index contributed by atoms with van der Waals surface area (Å²) in [5, 5.41) is 13.8. The summed E-state index contributed by atoms with van der Waals surface area (Å²) in [6.07, 6.45) is 2.61. The Labute approximate surface area is 120 Å². The Bertz CT molecular complexity index is 685. The van der Waals surface area contributed by atoms with Gasteiger partial charge in [0, 0.05) is 17.3 Å². The fourth-order valence-electron chi connectivity index (χ4n) is 1.63. The van der Waals surface area contributed by atoms with Crippen molar-refractivity contribution in [2.45, 2.75) is 6.92 Å². The fourth-order valence-corrected chi connectivity index (χ4v) is 1.63. The summed E-state index contributed by atoms with van der Waals surface area (Å²) in [6.45, 7) is 1.66. The molecule has 1 aromatic heterocycles. The molecule has 0 radical (unpaired) electrons. The quantitative estimate of drug-likeness (QED) is 0.522. The van der Waals surface area contributed by atoms with Gasteiger partial charge in [-0.2, -0.15) is 0 Å². The van der Waals surface area contributed by atoms with Crippen LogP contribution in [0.1, 0.15) is 16.1 Å². The highest BCUT2D eigenvalue weighted by molar-refractivity contribution is 5.86. The van der Waals surface area contributed by atoms with Crippen LogP contribution in [0.5, 0.6) is 0 Å². The lowest BCUT2D eigenvalue weighted by atomic mass is 10.2. The first-order chi connectivity index (χ1) is 10.0. The summed E-state index contributed by atoms with van der Waals surface area (Å²) in [5.41, 5.74) is 1.17. The smallest absolute Gasteiger partial charge is 0.358 e. The number of nitro groups is 1. The summed E-state index contributed by atoms with van der Waals surface area (Å²) < 4.78 is 4.51. The van der Waals surface area contributed by atoms with E-state index in [-0.39, 0.29) is 11.4 Å². The van der Waals surface area contributed by atoms with E-state index >= 15 is 0 Å². The summed E-state index contributed by atoms with van der Waals surface area (Å²) in [4.78, 5) is 29.5. The van der Waals surface area contributed by atoms with Crippen LogP contribution in [0.4, 0.5) is 17.2 Å². The number of hydrogen-bond donors (Lipinski definition) is 1. The van der Waals surface area contributed by atoms with Crippen LogP contribution in [0.15, 0.2) is 30.6 Å². The van der Waals surface area contributed by atoms with Crippen molar-refractivity contribution in [3.8, 4) is 0 Å². The van der Waals surface area contributed by atoms with Gasteiger partial charge >= 0.3 is 5.97 Å². The van der Waals surface area contributed by atoms with E-state index in [0.29, 0.717) is 17.1 Å². The third kappa shape index (κ3) is 3.30. The molecule has 1 aromatic carbocycles. The Morgan fingerprint density at radius 3 is 2.67 bits per heavy atom. The van der Waals surface area contributed by atoms with Crippen molar-refractivity contribution in [2.75, 3.05) is 12.4 Å². The average Bonchev–Trinajstić information content (AvgIpc) is 2.49. The highest BCUT2D eigenvalue weighted by atomic mass is 16.6. The van der Waals surface area contributed by atoms with Crippen molar-refractivity contribution < 1.29 is 14.5 Å². The highest BCUT2D eigenvalue weighted by Crippen LogP contribution is 2.24. The number of benzene rings is 1. The number of aryl methyl sites for hydroxylation is 1. The first-order valence-electron chi connectivity index (χ1n) is 5.93. The summed E-state index contributed by atoms with van der Waals surface area (Å²) in [7, 11) is 1.25. The van der Waals surface area contributed by atoms with Gasteiger partial charge in [-0.3, -0.25) is 10.1 Å². The number of nitrogens with zero attached hydrogens (tertiary/aromatic N) is 3. The minimum absolute atomic E-state index is 0.0131. The minimum Gasteiger partial charge on any atom is -0.464 e. The largest absolute Gasteiger partial charge is 0.464 e. The van der Waals surface area contributed by atoms with Crippen molar-refractivity contribution in [2.24, 2.45) is 0 Å². The Kier molecular flexibility index (Phi) is 4.07. The van der Waals surface area contributed by atoms with Crippen LogP contribution in [0.25, 0.3) is 0 Å². The average molecular weight is 288 g/mol. The molecule has 0 saturated heterocycles. The molecule has 0 atom stereocenters. The zero-order chi connectivity index (χ0) is 15.4. The van der Waals surface area contributed by atoms with Crippen molar-refractivity contribution >= 4 is 23.2 Å². The number of rotatable bonds is 4. The molecule has 2 rings (SSSR count). The van der Waals surface area contributed by atoms with E-state index in [1.807, 2.05) is 0 Å². The van der Waals surface area contributed by atoms with Gasteiger partial charge in [0.2, 0.25) is 0 Å². The molecule has 0 amide bonds. The summed E-state index contributed by atoms with van der Waals surface area (Å²) in [6, 6.07) is 4.74. The van der Waals surface area contributed by atoms with E-state index < -0.39 is 10.9 Å². The fraction of sp³-hybridized carbons (Fsp3) is 0.154. The molecule has 0 aliphatic rings. The van der Waals surface area contributed by atoms with E-state index in [9.17, 15) is 14.9 Å². The Balaban J connectivity index is 2.20. The highest BCUT2D eigenvalue weighted by Gasteiger charge is 2.12. The van der Waals surface area contributed by atoms with Crippen molar-refractivity contribution in [3.63, 3.8) is 0 Å². The van der Waals surface area contributed by atoms with E-state index in [4.69, 9.17) is 0 Å². The number of esters is 1. The predicted molar refractivity (Wildman–Crippen MR) is 74.5 cm³/mol. The van der Waals surface area contributed by atoms with E-state index in [1.54, 1.807) is 19.1 Å². The van der Waals surface area contributed by atoms with Crippen molar-refractivity contribution in [1.29, 1.82) is 0 Å². The van der Waals surface area contributed by atoms with Crippen molar-refractivity contribution in [1.82, 2.24) is 9.97 Å². The molecule has 8 nitrogen and oxygen atoms in total. The monoisotopic (exact) mass is 288 g/mol. The molecular formula is C13H12N4O4. The second kappa shape index (κ2) is 5.95. The number of nitro benzene ring substituents is 1. The molecule has 1 heterocycles. The number of carbonyl (C=O) groups excluding carboxylic acids is 1. The van der Waals surface area contributed by atoms with Gasteiger partial charge in [-0.05, 0) is 13.0 Å². The van der Waals surface area contributed by atoms with E-state index in [1.165, 1.54) is 25.6 Å². The van der Waals surface area contributed by atoms with Gasteiger partial charge in [0.25, 0.3) is 5.69 Å². The molecule has 2 aromatic rings. The van der Waals surface area contributed by atoms with Crippen LogP contribution in [-0.2, 0) is 4.74 Å². The maximum absolute atomic E-state index is 11.2. The maximum Gasteiger partial charge on any atom is 0.358 e. The van der Waals surface area contributed by atoms with Crippen LogP contribution >= 0.6 is 0 Å². The van der Waals surface area contributed by atoms with Gasteiger partial charge in [0.15, 0.2) is 5.69 Å². The molecule has 0 bridgehead atoms. The number of nitrogens with one attached hydrogen (secondary N) is 1. The summed E-state index contributed by atoms with van der Waals surface area (Å²) in [5.74, 6) is -0.221. The van der Waals surface area contributed by atoms with E-state index in [0.717, 1.165) is 0 Å². The molecule has 0 spiro atoms. The lowest BCUT2D eigenvalue weighted by Crippen LogP contribution is -2.05. The molecule has 21 heavy (non-hydrogen) atoms. The van der Waals surface area contributed by atoms with Gasteiger partial charge in [0.05, 0.1) is 24.4 Å². The molecule has 108 valence electrons. The van der Waals surface area contributed by atoms with Crippen LogP contribution in [0.3, 0.4) is 0 Å². The zero-order valence-corrected chi connectivity index (χ0v) is 11.4. The van der Waals surface area contributed by atoms with Crippen molar-refractivity contribution in [3.05, 3.63) is 52.0 Å². The minimum atomic E-state index is -0.583. The standard InChI is InChI=1S/C13H12N4O4/c1-8-3-4-9(5-11(8)17(19)20)16-12-7-14-10(6-15-12)13(18)21-2/h3-7H,1-2H3,(H,15,16). The molecule has 0 unspecified atom stereocenters.